The van der Waals surface area contributed by atoms with Crippen molar-refractivity contribution in [1.29, 1.82) is 0 Å². The fourth-order valence-electron chi connectivity index (χ4n) is 2.46. The Balaban J connectivity index is 1.70. The van der Waals surface area contributed by atoms with E-state index in [1.807, 2.05) is 13.0 Å². The quantitative estimate of drug-likeness (QED) is 0.616. The van der Waals surface area contributed by atoms with Gasteiger partial charge in [-0.2, -0.15) is 0 Å². The first-order chi connectivity index (χ1) is 13.1. The zero-order valence-electron chi connectivity index (χ0n) is 15.1. The molecule has 27 heavy (non-hydrogen) atoms. The van der Waals surface area contributed by atoms with Gasteiger partial charge >= 0.3 is 0 Å². The Morgan fingerprint density at radius 2 is 2.04 bits per heavy atom. The molecule has 3 aromatic rings. The predicted octanol–water partition coefficient (Wildman–Crippen LogP) is 2.64. The minimum absolute atomic E-state index is 0.225. The molecule has 0 bridgehead atoms. The summed E-state index contributed by atoms with van der Waals surface area (Å²) in [6, 6.07) is 8.88. The summed E-state index contributed by atoms with van der Waals surface area (Å²) in [6.45, 7) is 2.32. The molecule has 0 atom stereocenters. The van der Waals surface area contributed by atoms with E-state index in [4.69, 9.17) is 10.5 Å². The number of aromatic nitrogens is 3. The van der Waals surface area contributed by atoms with Gasteiger partial charge in [0, 0.05) is 24.3 Å². The largest absolute Gasteiger partial charge is 0.494 e. The number of methoxy groups -OCH3 is 1. The Morgan fingerprint density at radius 1 is 1.19 bits per heavy atom. The fraction of sp³-hybridized carbons (Fsp3) is 0.158. The lowest BCUT2D eigenvalue weighted by Crippen LogP contribution is -2.15. The van der Waals surface area contributed by atoms with Crippen molar-refractivity contribution in [2.45, 2.75) is 13.5 Å². The summed E-state index contributed by atoms with van der Waals surface area (Å²) in [6.07, 6.45) is 4.87. The molecule has 0 fully saturated rings. The highest BCUT2D eigenvalue weighted by Crippen LogP contribution is 2.20. The molecule has 3 aromatic heterocycles. The molecule has 0 aromatic carbocycles. The van der Waals surface area contributed by atoms with Crippen LogP contribution in [0, 0.1) is 6.92 Å². The third kappa shape index (κ3) is 4.49. The van der Waals surface area contributed by atoms with Crippen molar-refractivity contribution in [3.05, 3.63) is 65.9 Å². The number of hydrogen-bond donors (Lipinski definition) is 3. The molecule has 4 N–H and O–H groups in total. The number of nitrogen functional groups attached to an aromatic ring is 1. The molecule has 1 amide bonds. The maximum atomic E-state index is 12.5. The first kappa shape index (κ1) is 18.1. The molecule has 8 heteroatoms. The zero-order chi connectivity index (χ0) is 19.2. The number of nitrogens with zero attached hydrogens (tertiary/aromatic N) is 3. The molecular formula is C19H20N6O2. The molecular weight excluding hydrogens is 344 g/mol. The number of nitrogens with two attached hydrogens (primary N) is 1. The lowest BCUT2D eigenvalue weighted by molar-refractivity contribution is 0.101. The Bertz CT molecular complexity index is 960. The molecule has 0 unspecified atom stereocenters. The highest BCUT2D eigenvalue weighted by molar-refractivity contribution is 6.04. The van der Waals surface area contributed by atoms with Gasteiger partial charge in [-0.05, 0) is 42.8 Å². The number of pyridine rings is 3. The maximum Gasteiger partial charge on any atom is 0.278 e. The molecule has 0 aliphatic rings. The van der Waals surface area contributed by atoms with E-state index < -0.39 is 0 Å². The third-order valence-electron chi connectivity index (χ3n) is 3.80. The van der Waals surface area contributed by atoms with Crippen LogP contribution in [0.5, 0.6) is 5.75 Å². The summed E-state index contributed by atoms with van der Waals surface area (Å²) in [5.41, 5.74) is 9.02. The molecule has 0 aliphatic carbocycles. The van der Waals surface area contributed by atoms with Gasteiger partial charge in [-0.15, -0.1) is 0 Å². The minimum atomic E-state index is -0.353. The van der Waals surface area contributed by atoms with Crippen molar-refractivity contribution >= 4 is 23.1 Å². The Hall–Kier alpha value is -3.68. The Morgan fingerprint density at radius 3 is 2.81 bits per heavy atom. The van der Waals surface area contributed by atoms with Gasteiger partial charge in [0.2, 0.25) is 0 Å². The van der Waals surface area contributed by atoms with Crippen molar-refractivity contribution in [2.75, 3.05) is 23.5 Å². The van der Waals surface area contributed by atoms with Crippen molar-refractivity contribution in [3.63, 3.8) is 0 Å². The van der Waals surface area contributed by atoms with E-state index >= 15 is 0 Å². The number of aryl methyl sites for hydroxylation is 1. The second-order valence-corrected chi connectivity index (χ2v) is 5.84. The monoisotopic (exact) mass is 364 g/mol. The summed E-state index contributed by atoms with van der Waals surface area (Å²) in [7, 11) is 1.51. The number of amides is 1. The lowest BCUT2D eigenvalue weighted by Gasteiger charge is -2.11. The van der Waals surface area contributed by atoms with Gasteiger partial charge in [0.1, 0.15) is 11.6 Å². The van der Waals surface area contributed by atoms with Gasteiger partial charge in [0.05, 0.1) is 25.0 Å². The molecule has 0 radical (unpaired) electrons. The molecule has 0 saturated carbocycles. The Kier molecular flexibility index (Phi) is 5.46. The van der Waals surface area contributed by atoms with Gasteiger partial charge in [0.15, 0.2) is 5.69 Å². The molecule has 0 spiro atoms. The maximum absolute atomic E-state index is 12.5. The van der Waals surface area contributed by atoms with Crippen LogP contribution in [-0.4, -0.2) is 28.0 Å². The number of hydrogen-bond acceptors (Lipinski definition) is 7. The summed E-state index contributed by atoms with van der Waals surface area (Å²) in [5.74, 6) is 0.489. The summed E-state index contributed by atoms with van der Waals surface area (Å²) in [5, 5.41) is 5.99. The van der Waals surface area contributed by atoms with Crippen LogP contribution in [-0.2, 0) is 6.54 Å². The molecule has 3 heterocycles. The topological polar surface area (TPSA) is 115 Å². The van der Waals surface area contributed by atoms with Gasteiger partial charge in [-0.25, -0.2) is 9.97 Å². The predicted molar refractivity (Wildman–Crippen MR) is 104 cm³/mol. The van der Waals surface area contributed by atoms with E-state index in [0.29, 0.717) is 23.8 Å². The van der Waals surface area contributed by atoms with Crippen LogP contribution >= 0.6 is 0 Å². The molecule has 8 nitrogen and oxygen atoms in total. The van der Waals surface area contributed by atoms with Gasteiger partial charge < -0.3 is 21.1 Å². The van der Waals surface area contributed by atoms with E-state index in [-0.39, 0.29) is 11.6 Å². The Labute approximate surface area is 156 Å². The van der Waals surface area contributed by atoms with Crippen LogP contribution in [0.1, 0.15) is 21.7 Å². The van der Waals surface area contributed by atoms with Crippen LogP contribution in [0.2, 0.25) is 0 Å². The molecule has 138 valence electrons. The van der Waals surface area contributed by atoms with E-state index in [1.165, 1.54) is 7.11 Å². The zero-order valence-corrected chi connectivity index (χ0v) is 15.1. The first-order valence-electron chi connectivity index (χ1n) is 8.28. The van der Waals surface area contributed by atoms with Crippen molar-refractivity contribution < 1.29 is 9.53 Å². The van der Waals surface area contributed by atoms with Gasteiger partial charge in [-0.1, -0.05) is 0 Å². The van der Waals surface area contributed by atoms with E-state index in [1.54, 1.807) is 42.9 Å². The van der Waals surface area contributed by atoms with Crippen LogP contribution < -0.4 is 21.1 Å². The molecule has 3 rings (SSSR count). The second-order valence-electron chi connectivity index (χ2n) is 5.84. The lowest BCUT2D eigenvalue weighted by atomic mass is 10.2. The van der Waals surface area contributed by atoms with Crippen LogP contribution in [0.15, 0.2) is 48.9 Å². The van der Waals surface area contributed by atoms with Crippen molar-refractivity contribution in [2.24, 2.45) is 0 Å². The normalized spacial score (nSPS) is 10.3. The van der Waals surface area contributed by atoms with Gasteiger partial charge in [0.25, 0.3) is 5.91 Å². The number of carbonyl (C=O) groups excluding carboxylic acids is 1. The number of anilines is 3. The highest BCUT2D eigenvalue weighted by Gasteiger charge is 2.14. The van der Waals surface area contributed by atoms with E-state index in [2.05, 4.69) is 25.6 Å². The second kappa shape index (κ2) is 8.13. The molecule has 0 aliphatic heterocycles. The van der Waals surface area contributed by atoms with E-state index in [9.17, 15) is 4.79 Å². The smallest absolute Gasteiger partial charge is 0.278 e. The first-order valence-corrected chi connectivity index (χ1v) is 8.28. The van der Waals surface area contributed by atoms with Crippen LogP contribution in [0.25, 0.3) is 0 Å². The van der Waals surface area contributed by atoms with Gasteiger partial charge in [-0.3, -0.25) is 9.78 Å². The minimum Gasteiger partial charge on any atom is -0.494 e. The SMILES string of the molecule is COc1cc(C)cnc1C(=O)Nc1ccnc(CNc2cccnc2N)c1. The van der Waals surface area contributed by atoms with E-state index in [0.717, 1.165) is 16.9 Å². The standard InChI is InChI=1S/C19H20N6O2/c1-12-8-16(27-2)17(24-10-12)19(26)25-13-5-7-21-14(9-13)11-23-15-4-3-6-22-18(15)20/h3-10,23H,11H2,1-2H3,(H2,20,22)(H,21,25,26). The number of rotatable bonds is 6. The van der Waals surface area contributed by atoms with Crippen molar-refractivity contribution in [3.8, 4) is 5.75 Å². The van der Waals surface area contributed by atoms with Crippen LogP contribution in [0.4, 0.5) is 17.2 Å². The number of ether oxygens (including phenoxy) is 1. The number of nitrogens with one attached hydrogen (secondary N) is 2. The summed E-state index contributed by atoms with van der Waals surface area (Å²) < 4.78 is 5.24. The molecule has 0 saturated heterocycles. The summed E-state index contributed by atoms with van der Waals surface area (Å²) in [4.78, 5) is 25.0. The number of carbonyl (C=O) groups is 1. The average Bonchev–Trinajstić information content (AvgIpc) is 2.67. The summed E-state index contributed by atoms with van der Waals surface area (Å²) >= 11 is 0. The third-order valence-corrected chi connectivity index (χ3v) is 3.80. The van der Waals surface area contributed by atoms with Crippen LogP contribution in [0.3, 0.4) is 0 Å². The fourth-order valence-corrected chi connectivity index (χ4v) is 2.46. The van der Waals surface area contributed by atoms with Crippen molar-refractivity contribution in [1.82, 2.24) is 15.0 Å². The highest BCUT2D eigenvalue weighted by atomic mass is 16.5. The average molecular weight is 364 g/mol.